The zero-order chi connectivity index (χ0) is 49.9. The van der Waals surface area contributed by atoms with Crippen molar-refractivity contribution < 1.29 is 28.6 Å². The first-order valence-electron chi connectivity index (χ1n) is 23.8. The van der Waals surface area contributed by atoms with Gasteiger partial charge in [-0.05, 0) is 141 Å². The number of benzene rings is 3. The van der Waals surface area contributed by atoms with Crippen LogP contribution in [0.4, 0.5) is 17.1 Å². The van der Waals surface area contributed by atoms with Gasteiger partial charge in [0.1, 0.15) is 19.8 Å². The first kappa shape index (κ1) is 60.2. The zero-order valence-electron chi connectivity index (χ0n) is 41.6. The van der Waals surface area contributed by atoms with Gasteiger partial charge in [0, 0.05) is 47.3 Å². The highest BCUT2D eigenvalue weighted by Crippen LogP contribution is 2.23. The van der Waals surface area contributed by atoms with Crippen molar-refractivity contribution >= 4 is 69.8 Å². The smallest absolute Gasteiger partial charge is 0.339 e. The summed E-state index contributed by atoms with van der Waals surface area (Å²) < 4.78 is 16.4. The summed E-state index contributed by atoms with van der Waals surface area (Å²) in [5.74, 6) is -1.19. The van der Waals surface area contributed by atoms with E-state index < -0.39 is 11.9 Å². The van der Waals surface area contributed by atoms with E-state index in [1.54, 1.807) is 54.6 Å². The number of nitrogen functional groups attached to an aromatic ring is 3. The van der Waals surface area contributed by atoms with Crippen LogP contribution in [0, 0.1) is 0 Å². The summed E-state index contributed by atoms with van der Waals surface area (Å²) in [5.41, 5.74) is 19.6. The van der Waals surface area contributed by atoms with Gasteiger partial charge in [-0.2, -0.15) is 0 Å². The second kappa shape index (κ2) is 32.8. The van der Waals surface area contributed by atoms with Gasteiger partial charge in [0.05, 0.1) is 31.8 Å². The fraction of sp³-hybridized carbons (Fsp3) is 0.588. The molecule has 0 saturated heterocycles. The summed E-state index contributed by atoms with van der Waals surface area (Å²) in [6, 6.07) is 15.9. The van der Waals surface area contributed by atoms with E-state index in [1.165, 1.54) is 12.8 Å². The van der Waals surface area contributed by atoms with Crippen LogP contribution >= 0.6 is 34.8 Å². The van der Waals surface area contributed by atoms with E-state index in [1.807, 2.05) is 0 Å². The number of rotatable bonds is 25. The molecular weight excluding hydrogens is 899 g/mol. The van der Waals surface area contributed by atoms with Crippen LogP contribution in [-0.2, 0) is 14.2 Å². The molecule has 0 spiro atoms. The highest BCUT2D eigenvalue weighted by molar-refractivity contribution is 6.34. The average molecular weight is 981 g/mol. The lowest BCUT2D eigenvalue weighted by atomic mass is 10.1. The molecule has 0 radical (unpaired) electrons. The minimum Gasteiger partial charge on any atom is -0.460 e. The molecule has 3 atom stereocenters. The molecule has 0 fully saturated rings. The number of carbonyl (C=O) groups excluding carboxylic acids is 3. The number of ether oxygens (including phenoxy) is 3. The number of hydrogen-bond acceptors (Lipinski definition) is 12. The van der Waals surface area contributed by atoms with Crippen molar-refractivity contribution in [2.45, 2.75) is 151 Å². The molecule has 0 amide bonds. The number of nitrogens with two attached hydrogens (primary N) is 3. The van der Waals surface area contributed by atoms with Gasteiger partial charge in [-0.1, -0.05) is 96.1 Å². The molecular formula is C51H81Cl3N6O6. The van der Waals surface area contributed by atoms with Crippen LogP contribution in [0.15, 0.2) is 54.6 Å². The molecule has 0 aliphatic carbocycles. The Labute approximate surface area is 412 Å². The lowest BCUT2D eigenvalue weighted by Crippen LogP contribution is -2.47. The van der Waals surface area contributed by atoms with Gasteiger partial charge in [0.15, 0.2) is 0 Å². The molecule has 15 heteroatoms. The lowest BCUT2D eigenvalue weighted by Gasteiger charge is -2.37. The quantitative estimate of drug-likeness (QED) is 0.0418. The minimum atomic E-state index is -0.407. The van der Waals surface area contributed by atoms with Crippen LogP contribution in [0.25, 0.3) is 0 Å². The van der Waals surface area contributed by atoms with Crippen LogP contribution in [0.1, 0.15) is 152 Å². The third-order valence-electron chi connectivity index (χ3n) is 11.3. The van der Waals surface area contributed by atoms with Crippen molar-refractivity contribution in [1.82, 2.24) is 14.7 Å². The second-order valence-corrected chi connectivity index (χ2v) is 18.0. The van der Waals surface area contributed by atoms with Crippen molar-refractivity contribution in [3.63, 3.8) is 0 Å². The Hall–Kier alpha value is -3.78. The maximum Gasteiger partial charge on any atom is 0.339 e. The molecule has 3 aromatic rings. The molecule has 3 aromatic carbocycles. The van der Waals surface area contributed by atoms with E-state index in [4.69, 9.17) is 66.2 Å². The third-order valence-corrected chi connectivity index (χ3v) is 12.3. The van der Waals surface area contributed by atoms with Crippen molar-refractivity contribution in [2.75, 3.05) is 63.2 Å². The molecule has 372 valence electrons. The molecule has 0 saturated carbocycles. The van der Waals surface area contributed by atoms with Crippen molar-refractivity contribution in [2.24, 2.45) is 0 Å². The van der Waals surface area contributed by atoms with Crippen LogP contribution in [-0.4, -0.2) is 109 Å². The second-order valence-electron chi connectivity index (χ2n) is 16.8. The number of halogens is 3. The van der Waals surface area contributed by atoms with Crippen LogP contribution < -0.4 is 17.2 Å². The van der Waals surface area contributed by atoms with E-state index in [2.05, 4.69) is 90.9 Å². The topological polar surface area (TPSA) is 167 Å². The SMILES string of the molecule is CCC(COC(=O)c1ccc(N)cc1Cl)N(C(C)C)C(C)C.CCC(COC(=O)c1ccc(N)cc1Cl)N(CC)CC.CCCCN(CCCC)C(CC)COC(=O)c1ccc(N)cc1Cl. The van der Waals surface area contributed by atoms with Crippen LogP contribution in [0.5, 0.6) is 0 Å². The van der Waals surface area contributed by atoms with Gasteiger partial charge in [-0.3, -0.25) is 14.7 Å². The standard InChI is InChI=1S/C19H31ClN2O2.C17H27ClN2O2.C15H23ClN2O2/c1-4-7-11-22(12-8-5-2)16(6-3)14-24-19(23)17-10-9-15(21)13-18(17)20;1-6-14(20(11(2)3)12(4)5)10-22-17(21)15-8-7-13(19)9-16(15)18;1-4-12(18(5-2)6-3)10-20-15(19)13-8-7-11(17)9-14(13)16/h9-10,13,16H,4-8,11-12,14,21H2,1-3H3;7-9,11-12,14H,6,10,19H2,1-5H3;7-9,12H,4-6,10,17H2,1-3H3. The van der Waals surface area contributed by atoms with Gasteiger partial charge < -0.3 is 31.4 Å². The Morgan fingerprint density at radius 2 is 0.803 bits per heavy atom. The van der Waals surface area contributed by atoms with E-state index in [9.17, 15) is 14.4 Å². The summed E-state index contributed by atoms with van der Waals surface area (Å²) in [7, 11) is 0. The van der Waals surface area contributed by atoms with E-state index >= 15 is 0 Å². The minimum absolute atomic E-state index is 0.191. The molecule has 0 aliphatic heterocycles. The largest absolute Gasteiger partial charge is 0.460 e. The molecule has 66 heavy (non-hydrogen) atoms. The van der Waals surface area contributed by atoms with E-state index in [-0.39, 0.29) is 24.1 Å². The normalized spacial score (nSPS) is 12.6. The molecule has 12 nitrogen and oxygen atoms in total. The Balaban J connectivity index is 0.000000497. The first-order valence-corrected chi connectivity index (χ1v) is 24.9. The molecule has 0 heterocycles. The zero-order valence-corrected chi connectivity index (χ0v) is 43.9. The van der Waals surface area contributed by atoms with Gasteiger partial charge >= 0.3 is 17.9 Å². The van der Waals surface area contributed by atoms with Crippen molar-refractivity contribution in [3.8, 4) is 0 Å². The summed E-state index contributed by atoms with van der Waals surface area (Å²) >= 11 is 18.1. The van der Waals surface area contributed by atoms with Crippen molar-refractivity contribution in [1.29, 1.82) is 0 Å². The van der Waals surface area contributed by atoms with Gasteiger partial charge in [-0.25, -0.2) is 14.4 Å². The maximum atomic E-state index is 12.3. The molecule has 0 aromatic heterocycles. The van der Waals surface area contributed by atoms with Gasteiger partial charge in [0.2, 0.25) is 0 Å². The third kappa shape index (κ3) is 21.0. The number of hydrogen-bond donors (Lipinski definition) is 3. The predicted octanol–water partition coefficient (Wildman–Crippen LogP) is 11.9. The number of nitrogens with zero attached hydrogens (tertiary/aromatic N) is 3. The van der Waals surface area contributed by atoms with Crippen LogP contribution in [0.2, 0.25) is 15.1 Å². The summed E-state index contributed by atoms with van der Waals surface area (Å²) in [6.07, 6.45) is 7.47. The fourth-order valence-electron chi connectivity index (χ4n) is 7.60. The number of likely N-dealkylation sites (N-methyl/N-ethyl adjacent to an activating group) is 1. The molecule has 6 N–H and O–H groups in total. The molecule has 0 aliphatic rings. The molecule has 0 bridgehead atoms. The Bertz CT molecular complexity index is 1870. The Morgan fingerprint density at radius 3 is 1.06 bits per heavy atom. The summed E-state index contributed by atoms with van der Waals surface area (Å²) in [5, 5.41) is 0.982. The number of unbranched alkanes of at least 4 members (excludes halogenated alkanes) is 2. The molecule has 3 unspecified atom stereocenters. The number of anilines is 3. The predicted molar refractivity (Wildman–Crippen MR) is 277 cm³/mol. The number of carbonyl (C=O) groups is 3. The van der Waals surface area contributed by atoms with Crippen LogP contribution in [0.3, 0.4) is 0 Å². The summed E-state index contributed by atoms with van der Waals surface area (Å²) in [4.78, 5) is 43.6. The Morgan fingerprint density at radius 1 is 0.500 bits per heavy atom. The maximum absolute atomic E-state index is 12.3. The lowest BCUT2D eigenvalue weighted by molar-refractivity contribution is 0.0212. The fourth-order valence-corrected chi connectivity index (χ4v) is 8.39. The van der Waals surface area contributed by atoms with E-state index in [0.29, 0.717) is 80.7 Å². The number of esters is 3. The Kier molecular flexibility index (Phi) is 30.0. The highest BCUT2D eigenvalue weighted by atomic mass is 35.5. The van der Waals surface area contributed by atoms with Crippen molar-refractivity contribution in [3.05, 3.63) is 86.4 Å². The van der Waals surface area contributed by atoms with E-state index in [0.717, 1.165) is 58.3 Å². The van der Waals surface area contributed by atoms with Gasteiger partial charge in [-0.15, -0.1) is 0 Å². The monoisotopic (exact) mass is 979 g/mol. The van der Waals surface area contributed by atoms with Gasteiger partial charge in [0.25, 0.3) is 0 Å². The molecule has 3 rings (SSSR count). The average Bonchev–Trinajstić information content (AvgIpc) is 3.27. The summed E-state index contributed by atoms with van der Waals surface area (Å²) in [6.45, 7) is 28.6. The first-order chi connectivity index (χ1) is 31.3. The highest BCUT2D eigenvalue weighted by Gasteiger charge is 2.25.